The van der Waals surface area contributed by atoms with Crippen LogP contribution >= 0.6 is 0 Å². The smallest absolute Gasteiger partial charge is 0.157 e. The third-order valence-corrected chi connectivity index (χ3v) is 2.58. The predicted octanol–water partition coefficient (Wildman–Crippen LogP) is 1.78. The zero-order valence-electron chi connectivity index (χ0n) is 7.42. The molecule has 3 atom stereocenters. The summed E-state index contributed by atoms with van der Waals surface area (Å²) in [6, 6.07) is 0. The van der Waals surface area contributed by atoms with Gasteiger partial charge in [-0.25, -0.2) is 0 Å². The Hall–Kier alpha value is -0.0800. The average Bonchev–Trinajstić information content (AvgIpc) is 2.33. The molecule has 0 bridgehead atoms. The Morgan fingerprint density at radius 3 is 2.73 bits per heavy atom. The van der Waals surface area contributed by atoms with Gasteiger partial charge in [0.2, 0.25) is 0 Å². The minimum atomic E-state index is -0.489. The molecular weight excluding hydrogens is 140 g/mol. The summed E-state index contributed by atoms with van der Waals surface area (Å²) in [6.45, 7) is 5.05. The normalized spacial score (nSPS) is 37.9. The van der Waals surface area contributed by atoms with Gasteiger partial charge in [-0.15, -0.1) is 0 Å². The Bertz CT molecular complexity index is 112. The summed E-state index contributed by atoms with van der Waals surface area (Å²) in [4.78, 5) is 0. The highest BCUT2D eigenvalue weighted by atomic mass is 16.6. The van der Waals surface area contributed by atoms with Crippen LogP contribution in [-0.2, 0) is 4.74 Å². The topological polar surface area (TPSA) is 29.5 Å². The first-order chi connectivity index (χ1) is 5.29. The maximum absolute atomic E-state index is 9.36. The van der Waals surface area contributed by atoms with Gasteiger partial charge in [-0.1, -0.05) is 20.3 Å². The highest BCUT2D eigenvalue weighted by Gasteiger charge is 2.33. The van der Waals surface area contributed by atoms with Crippen molar-refractivity contribution in [1.29, 1.82) is 0 Å². The molecule has 0 aromatic heterocycles. The van der Waals surface area contributed by atoms with Crippen molar-refractivity contribution < 1.29 is 9.84 Å². The van der Waals surface area contributed by atoms with Crippen LogP contribution < -0.4 is 0 Å². The number of ether oxygens (including phenoxy) is 1. The number of rotatable bonds is 3. The first-order valence-electron chi connectivity index (χ1n) is 4.59. The maximum Gasteiger partial charge on any atom is 0.157 e. The van der Waals surface area contributed by atoms with Crippen LogP contribution in [-0.4, -0.2) is 18.0 Å². The molecule has 1 rings (SSSR count). The lowest BCUT2D eigenvalue weighted by Gasteiger charge is -2.16. The zero-order valence-corrected chi connectivity index (χ0v) is 7.42. The molecule has 1 fully saturated rings. The fourth-order valence-electron chi connectivity index (χ4n) is 1.91. The molecule has 3 unspecified atom stereocenters. The molecule has 11 heavy (non-hydrogen) atoms. The first-order valence-corrected chi connectivity index (χ1v) is 4.59. The van der Waals surface area contributed by atoms with Gasteiger partial charge in [0.25, 0.3) is 0 Å². The van der Waals surface area contributed by atoms with Gasteiger partial charge in [-0.3, -0.25) is 0 Å². The summed E-state index contributed by atoms with van der Waals surface area (Å²) in [5, 5.41) is 9.36. The van der Waals surface area contributed by atoms with E-state index in [0.717, 1.165) is 13.0 Å². The molecule has 1 aliphatic heterocycles. The monoisotopic (exact) mass is 158 g/mol. The quantitative estimate of drug-likeness (QED) is 0.678. The summed E-state index contributed by atoms with van der Waals surface area (Å²) in [6.07, 6.45) is 2.93. The van der Waals surface area contributed by atoms with Gasteiger partial charge in [-0.2, -0.15) is 0 Å². The van der Waals surface area contributed by atoms with E-state index < -0.39 is 6.29 Å². The van der Waals surface area contributed by atoms with Gasteiger partial charge in [0.1, 0.15) is 0 Å². The van der Waals surface area contributed by atoms with E-state index in [2.05, 4.69) is 13.8 Å². The van der Waals surface area contributed by atoms with Crippen LogP contribution in [0.15, 0.2) is 0 Å². The van der Waals surface area contributed by atoms with Crippen LogP contribution in [0.2, 0.25) is 0 Å². The van der Waals surface area contributed by atoms with Crippen molar-refractivity contribution in [2.75, 3.05) is 6.61 Å². The second kappa shape index (κ2) is 4.07. The van der Waals surface area contributed by atoms with Gasteiger partial charge in [-0.05, 0) is 18.8 Å². The zero-order chi connectivity index (χ0) is 8.27. The lowest BCUT2D eigenvalue weighted by Crippen LogP contribution is -2.18. The minimum absolute atomic E-state index is 0.384. The summed E-state index contributed by atoms with van der Waals surface area (Å²) in [5.41, 5.74) is 0. The largest absolute Gasteiger partial charge is 0.368 e. The Morgan fingerprint density at radius 2 is 2.18 bits per heavy atom. The molecule has 0 amide bonds. The van der Waals surface area contributed by atoms with E-state index in [4.69, 9.17) is 4.74 Å². The Labute approximate surface area is 68.6 Å². The summed E-state index contributed by atoms with van der Waals surface area (Å²) in [7, 11) is 0. The number of aliphatic hydroxyl groups is 1. The van der Waals surface area contributed by atoms with Gasteiger partial charge >= 0.3 is 0 Å². The van der Waals surface area contributed by atoms with E-state index in [1.165, 1.54) is 12.8 Å². The van der Waals surface area contributed by atoms with Gasteiger partial charge < -0.3 is 9.84 Å². The van der Waals surface area contributed by atoms with Crippen LogP contribution in [0, 0.1) is 11.8 Å². The van der Waals surface area contributed by atoms with Crippen molar-refractivity contribution in [3.8, 4) is 0 Å². The Kier molecular flexibility index (Phi) is 3.34. The average molecular weight is 158 g/mol. The van der Waals surface area contributed by atoms with E-state index >= 15 is 0 Å². The van der Waals surface area contributed by atoms with Gasteiger partial charge in [0.05, 0.1) is 6.61 Å². The van der Waals surface area contributed by atoms with Crippen molar-refractivity contribution in [3.05, 3.63) is 0 Å². The van der Waals surface area contributed by atoms with Crippen molar-refractivity contribution >= 4 is 0 Å². The van der Waals surface area contributed by atoms with E-state index in [1.807, 2.05) is 0 Å². The van der Waals surface area contributed by atoms with Gasteiger partial charge in [0, 0.05) is 5.92 Å². The molecule has 1 aliphatic rings. The molecule has 0 radical (unpaired) electrons. The molecule has 0 aromatic carbocycles. The van der Waals surface area contributed by atoms with Crippen LogP contribution in [0.5, 0.6) is 0 Å². The molecular formula is C9H18O2. The van der Waals surface area contributed by atoms with Crippen LogP contribution in [0.1, 0.15) is 33.1 Å². The number of hydrogen-bond acceptors (Lipinski definition) is 2. The van der Waals surface area contributed by atoms with E-state index in [0.29, 0.717) is 11.8 Å². The minimum Gasteiger partial charge on any atom is -0.368 e. The SMILES string of the molecule is CCCC1COC(O)C1CC. The summed E-state index contributed by atoms with van der Waals surface area (Å²) >= 11 is 0. The summed E-state index contributed by atoms with van der Waals surface area (Å²) in [5.74, 6) is 0.981. The molecule has 1 saturated heterocycles. The lowest BCUT2D eigenvalue weighted by atomic mass is 9.89. The van der Waals surface area contributed by atoms with Crippen LogP contribution in [0.4, 0.5) is 0 Å². The molecule has 1 N–H and O–H groups in total. The van der Waals surface area contributed by atoms with Crippen molar-refractivity contribution in [2.45, 2.75) is 39.4 Å². The van der Waals surface area contributed by atoms with E-state index in [9.17, 15) is 5.11 Å². The van der Waals surface area contributed by atoms with E-state index in [-0.39, 0.29) is 0 Å². The molecule has 0 aromatic rings. The fraction of sp³-hybridized carbons (Fsp3) is 1.00. The second-order valence-electron chi connectivity index (χ2n) is 3.34. The van der Waals surface area contributed by atoms with Gasteiger partial charge in [0.15, 0.2) is 6.29 Å². The summed E-state index contributed by atoms with van der Waals surface area (Å²) < 4.78 is 5.18. The highest BCUT2D eigenvalue weighted by molar-refractivity contribution is 4.76. The second-order valence-corrected chi connectivity index (χ2v) is 3.34. The molecule has 0 spiro atoms. The molecule has 2 heteroatoms. The molecule has 66 valence electrons. The Morgan fingerprint density at radius 1 is 1.45 bits per heavy atom. The van der Waals surface area contributed by atoms with Crippen molar-refractivity contribution in [3.63, 3.8) is 0 Å². The third-order valence-electron chi connectivity index (χ3n) is 2.58. The third kappa shape index (κ3) is 1.94. The number of aliphatic hydroxyl groups excluding tert-OH is 1. The predicted molar refractivity (Wildman–Crippen MR) is 44.1 cm³/mol. The highest BCUT2D eigenvalue weighted by Crippen LogP contribution is 2.31. The lowest BCUT2D eigenvalue weighted by molar-refractivity contribution is -0.0827. The molecule has 0 saturated carbocycles. The maximum atomic E-state index is 9.36. The standard InChI is InChI=1S/C9H18O2/c1-3-5-7-6-11-9(10)8(7)4-2/h7-10H,3-6H2,1-2H3. The van der Waals surface area contributed by atoms with E-state index in [1.54, 1.807) is 0 Å². The van der Waals surface area contributed by atoms with Crippen molar-refractivity contribution in [1.82, 2.24) is 0 Å². The Balaban J connectivity index is 2.40. The van der Waals surface area contributed by atoms with Crippen molar-refractivity contribution in [2.24, 2.45) is 11.8 Å². The van der Waals surface area contributed by atoms with Crippen LogP contribution in [0.25, 0.3) is 0 Å². The molecule has 2 nitrogen and oxygen atoms in total. The number of hydrogen-bond donors (Lipinski definition) is 1. The molecule has 0 aliphatic carbocycles. The van der Waals surface area contributed by atoms with Crippen LogP contribution in [0.3, 0.4) is 0 Å². The molecule has 1 heterocycles. The first kappa shape index (κ1) is 9.01. The fourth-order valence-corrected chi connectivity index (χ4v) is 1.91.